The van der Waals surface area contributed by atoms with E-state index in [-0.39, 0.29) is 11.9 Å². The Hall–Kier alpha value is -1.77. The lowest BCUT2D eigenvalue weighted by Crippen LogP contribution is -2.17. The van der Waals surface area contributed by atoms with E-state index in [1.807, 2.05) is 32.1 Å². The summed E-state index contributed by atoms with van der Waals surface area (Å²) in [5.41, 5.74) is 1.07. The second-order valence-electron chi connectivity index (χ2n) is 4.21. The van der Waals surface area contributed by atoms with Gasteiger partial charge in [0.15, 0.2) is 11.5 Å². The Morgan fingerprint density at radius 3 is 2.72 bits per heavy atom. The maximum absolute atomic E-state index is 11.7. The fourth-order valence-electron chi connectivity index (χ4n) is 1.47. The molecule has 0 radical (unpaired) electrons. The molecule has 0 aliphatic rings. The summed E-state index contributed by atoms with van der Waals surface area (Å²) in [4.78, 5) is 11.7. The molecule has 0 aliphatic heterocycles. The zero-order chi connectivity index (χ0) is 13.5. The molecule has 0 saturated carbocycles. The number of ether oxygens (including phenoxy) is 2. The minimum Gasteiger partial charge on any atom is -0.493 e. The fourth-order valence-corrected chi connectivity index (χ4v) is 1.47. The van der Waals surface area contributed by atoms with Crippen molar-refractivity contribution in [3.8, 4) is 11.5 Å². The number of carbonyl (C=O) groups is 1. The summed E-state index contributed by atoms with van der Waals surface area (Å²) in [7, 11) is 1.56. The van der Waals surface area contributed by atoms with Crippen LogP contribution >= 0.6 is 0 Å². The van der Waals surface area contributed by atoms with Crippen LogP contribution in [0.1, 0.15) is 25.8 Å². The minimum absolute atomic E-state index is 0.109. The quantitative estimate of drug-likeness (QED) is 0.440. The van der Waals surface area contributed by atoms with Gasteiger partial charge in [0.05, 0.1) is 13.0 Å². The summed E-state index contributed by atoms with van der Waals surface area (Å²) in [5.74, 6) is 0.705. The molecule has 0 aromatic heterocycles. The first kappa shape index (κ1) is 14.3. The summed E-state index contributed by atoms with van der Waals surface area (Å²) in [5, 5.41) is 0. The fraction of sp³-hybridized carbons (Fsp3) is 0.400. The molecule has 3 heteroatoms. The molecule has 1 unspecified atom stereocenters. The third-order valence-electron chi connectivity index (χ3n) is 2.83. The van der Waals surface area contributed by atoms with Gasteiger partial charge in [-0.3, -0.25) is 4.79 Å². The van der Waals surface area contributed by atoms with Crippen LogP contribution in [0.15, 0.2) is 30.9 Å². The molecule has 18 heavy (non-hydrogen) atoms. The number of benzene rings is 1. The lowest BCUT2D eigenvalue weighted by Gasteiger charge is -2.12. The second kappa shape index (κ2) is 6.84. The molecule has 0 N–H and O–H groups in total. The summed E-state index contributed by atoms with van der Waals surface area (Å²) in [6.45, 7) is 7.49. The van der Waals surface area contributed by atoms with Crippen LogP contribution in [0.25, 0.3) is 0 Å². The van der Waals surface area contributed by atoms with Gasteiger partial charge >= 0.3 is 5.97 Å². The molecule has 0 bridgehead atoms. The van der Waals surface area contributed by atoms with E-state index in [1.54, 1.807) is 13.2 Å². The molecule has 0 fully saturated rings. The molecule has 98 valence electrons. The monoisotopic (exact) mass is 248 g/mol. The molecule has 0 aliphatic carbocycles. The summed E-state index contributed by atoms with van der Waals surface area (Å²) in [6, 6.07) is 5.53. The smallest absolute Gasteiger partial charge is 0.314 e. The van der Waals surface area contributed by atoms with Crippen molar-refractivity contribution in [3.05, 3.63) is 36.4 Å². The first-order chi connectivity index (χ1) is 8.62. The standard InChI is InChI=1S/C15H20O3/c1-5-7-12-8-9-13(14(10-12)17-4)18-15(16)11(3)6-2/h5,8-11H,1,6-7H2,2-4H3. The molecule has 1 aromatic rings. The van der Waals surface area contributed by atoms with Crippen molar-refractivity contribution >= 4 is 5.97 Å². The molecule has 1 atom stereocenters. The van der Waals surface area contributed by atoms with Gasteiger partial charge in [0.25, 0.3) is 0 Å². The average molecular weight is 248 g/mol. The maximum Gasteiger partial charge on any atom is 0.314 e. The van der Waals surface area contributed by atoms with Gasteiger partial charge in [-0.25, -0.2) is 0 Å². The van der Waals surface area contributed by atoms with Crippen LogP contribution in [0.3, 0.4) is 0 Å². The number of esters is 1. The van der Waals surface area contributed by atoms with Crippen molar-refractivity contribution in [1.29, 1.82) is 0 Å². The van der Waals surface area contributed by atoms with Crippen LogP contribution in [-0.4, -0.2) is 13.1 Å². The van der Waals surface area contributed by atoms with E-state index >= 15 is 0 Å². The highest BCUT2D eigenvalue weighted by atomic mass is 16.6. The summed E-state index contributed by atoms with van der Waals surface area (Å²) >= 11 is 0. The number of allylic oxidation sites excluding steroid dienone is 1. The van der Waals surface area contributed by atoms with Crippen molar-refractivity contribution in [2.24, 2.45) is 5.92 Å². The second-order valence-corrected chi connectivity index (χ2v) is 4.21. The van der Waals surface area contributed by atoms with Gasteiger partial charge in [-0.15, -0.1) is 6.58 Å². The lowest BCUT2D eigenvalue weighted by molar-refractivity contribution is -0.138. The van der Waals surface area contributed by atoms with E-state index in [9.17, 15) is 4.79 Å². The lowest BCUT2D eigenvalue weighted by atomic mass is 10.1. The Bertz CT molecular complexity index is 424. The summed E-state index contributed by atoms with van der Waals surface area (Å²) in [6.07, 6.45) is 3.34. The molecular weight excluding hydrogens is 228 g/mol. The molecule has 1 aromatic carbocycles. The van der Waals surface area contributed by atoms with Gasteiger partial charge in [0, 0.05) is 0 Å². The third-order valence-corrected chi connectivity index (χ3v) is 2.83. The van der Waals surface area contributed by atoms with Crippen LogP contribution < -0.4 is 9.47 Å². The molecule has 1 rings (SSSR count). The predicted molar refractivity (Wildman–Crippen MR) is 72.0 cm³/mol. The summed E-state index contributed by atoms with van der Waals surface area (Å²) < 4.78 is 10.6. The van der Waals surface area contributed by atoms with Crippen LogP contribution in [0, 0.1) is 5.92 Å². The van der Waals surface area contributed by atoms with Gasteiger partial charge in [-0.05, 0) is 30.5 Å². The van der Waals surface area contributed by atoms with E-state index in [2.05, 4.69) is 6.58 Å². The van der Waals surface area contributed by atoms with Gasteiger partial charge in [0.1, 0.15) is 0 Å². The topological polar surface area (TPSA) is 35.5 Å². The zero-order valence-electron chi connectivity index (χ0n) is 11.2. The van der Waals surface area contributed by atoms with Crippen molar-refractivity contribution in [2.45, 2.75) is 26.7 Å². The van der Waals surface area contributed by atoms with E-state index in [1.165, 1.54) is 0 Å². The molecular formula is C15H20O3. The van der Waals surface area contributed by atoms with Crippen LogP contribution in [0.5, 0.6) is 11.5 Å². The first-order valence-electron chi connectivity index (χ1n) is 6.11. The van der Waals surface area contributed by atoms with Gasteiger partial charge in [-0.1, -0.05) is 26.0 Å². The molecule has 3 nitrogen and oxygen atoms in total. The third kappa shape index (κ3) is 3.62. The zero-order valence-corrected chi connectivity index (χ0v) is 11.2. The van der Waals surface area contributed by atoms with Crippen molar-refractivity contribution in [1.82, 2.24) is 0 Å². The highest BCUT2D eigenvalue weighted by Crippen LogP contribution is 2.29. The van der Waals surface area contributed by atoms with E-state index < -0.39 is 0 Å². The largest absolute Gasteiger partial charge is 0.493 e. The van der Waals surface area contributed by atoms with Crippen molar-refractivity contribution < 1.29 is 14.3 Å². The molecule has 0 amide bonds. The predicted octanol–water partition coefficient (Wildman–Crippen LogP) is 3.38. The van der Waals surface area contributed by atoms with Crippen LogP contribution in [0.4, 0.5) is 0 Å². The first-order valence-corrected chi connectivity index (χ1v) is 6.11. The number of rotatable bonds is 6. The molecule has 0 heterocycles. The highest BCUT2D eigenvalue weighted by molar-refractivity contribution is 5.75. The van der Waals surface area contributed by atoms with Crippen LogP contribution in [-0.2, 0) is 11.2 Å². The Balaban J connectivity index is 2.88. The Morgan fingerprint density at radius 1 is 1.44 bits per heavy atom. The van der Waals surface area contributed by atoms with Crippen molar-refractivity contribution in [3.63, 3.8) is 0 Å². The minimum atomic E-state index is -0.229. The molecule has 0 saturated heterocycles. The Labute approximate surface area is 108 Å². The number of hydrogen-bond acceptors (Lipinski definition) is 3. The Morgan fingerprint density at radius 2 is 2.17 bits per heavy atom. The highest BCUT2D eigenvalue weighted by Gasteiger charge is 2.15. The van der Waals surface area contributed by atoms with Gasteiger partial charge < -0.3 is 9.47 Å². The van der Waals surface area contributed by atoms with E-state index in [0.717, 1.165) is 18.4 Å². The maximum atomic E-state index is 11.7. The normalized spacial score (nSPS) is 11.7. The van der Waals surface area contributed by atoms with Gasteiger partial charge in [0.2, 0.25) is 0 Å². The van der Waals surface area contributed by atoms with E-state index in [0.29, 0.717) is 11.5 Å². The number of hydrogen-bond donors (Lipinski definition) is 0. The van der Waals surface area contributed by atoms with Gasteiger partial charge in [-0.2, -0.15) is 0 Å². The number of carbonyl (C=O) groups excluding carboxylic acids is 1. The van der Waals surface area contributed by atoms with Crippen LogP contribution in [0.2, 0.25) is 0 Å². The number of methoxy groups -OCH3 is 1. The Kier molecular flexibility index (Phi) is 5.43. The van der Waals surface area contributed by atoms with E-state index in [4.69, 9.17) is 9.47 Å². The average Bonchev–Trinajstić information content (AvgIpc) is 2.39. The molecule has 0 spiro atoms. The SMILES string of the molecule is C=CCc1ccc(OC(=O)C(C)CC)c(OC)c1. The van der Waals surface area contributed by atoms with Crippen molar-refractivity contribution in [2.75, 3.05) is 7.11 Å².